The number of ether oxygens (including phenoxy) is 4. The Morgan fingerprint density at radius 2 is 1.81 bits per heavy atom. The molecule has 1 unspecified atom stereocenters. The molecule has 1 saturated heterocycles. The van der Waals surface area contributed by atoms with Crippen LogP contribution < -0.4 is 14.2 Å². The van der Waals surface area contributed by atoms with Crippen LogP contribution in [0.2, 0.25) is 0 Å². The number of nitrogens with zero attached hydrogens (tertiary/aromatic N) is 1. The van der Waals surface area contributed by atoms with Crippen molar-refractivity contribution in [3.05, 3.63) is 76.9 Å². The summed E-state index contributed by atoms with van der Waals surface area (Å²) in [6.07, 6.45) is 4.04. The van der Waals surface area contributed by atoms with Gasteiger partial charge in [0.25, 0.3) is 0 Å². The molecule has 2 atom stereocenters. The number of hydrogen-bond acceptors (Lipinski definition) is 7. The smallest absolute Gasteiger partial charge is 0.306 e. The molecule has 0 bridgehead atoms. The number of rotatable bonds is 11. The highest BCUT2D eigenvalue weighted by Crippen LogP contribution is 2.39. The molecule has 0 aliphatic carbocycles. The SMILES string of the molecule is COC(=O)CC1COc2cc(OCc3cccc(-c4c(C)cc(OCC[C@H]5CCCN5S(C)(=O)=O)cc4C)c3)ccc21. The highest BCUT2D eigenvalue weighted by atomic mass is 32.2. The first-order valence-electron chi connectivity index (χ1n) is 14.4. The molecule has 2 aliphatic rings. The fraction of sp³-hybridized carbons (Fsp3) is 0.424. The molecular formula is C33H39NO7S. The minimum Gasteiger partial charge on any atom is -0.494 e. The number of hydrogen-bond donors (Lipinski definition) is 0. The predicted octanol–water partition coefficient (Wildman–Crippen LogP) is 5.78. The lowest BCUT2D eigenvalue weighted by molar-refractivity contribution is -0.141. The van der Waals surface area contributed by atoms with Gasteiger partial charge in [-0.1, -0.05) is 24.3 Å². The summed E-state index contributed by atoms with van der Waals surface area (Å²) in [5.74, 6) is 2.01. The maximum atomic E-state index is 12.0. The number of benzene rings is 3. The van der Waals surface area contributed by atoms with E-state index in [2.05, 4.69) is 26.0 Å². The van der Waals surface area contributed by atoms with E-state index in [4.69, 9.17) is 18.9 Å². The summed E-state index contributed by atoms with van der Waals surface area (Å²) in [4.78, 5) is 11.7. The van der Waals surface area contributed by atoms with Gasteiger partial charge in [0.2, 0.25) is 10.0 Å². The summed E-state index contributed by atoms with van der Waals surface area (Å²) >= 11 is 0. The molecule has 0 amide bonds. The van der Waals surface area contributed by atoms with Crippen molar-refractivity contribution in [1.82, 2.24) is 4.31 Å². The largest absolute Gasteiger partial charge is 0.494 e. The molecule has 0 spiro atoms. The summed E-state index contributed by atoms with van der Waals surface area (Å²) in [7, 11) is -1.78. The van der Waals surface area contributed by atoms with Gasteiger partial charge in [0.15, 0.2) is 0 Å². The van der Waals surface area contributed by atoms with Crippen molar-refractivity contribution in [2.24, 2.45) is 0 Å². The summed E-state index contributed by atoms with van der Waals surface area (Å²) in [6.45, 7) is 6.10. The molecule has 2 aliphatic heterocycles. The Morgan fingerprint density at radius 1 is 1.02 bits per heavy atom. The summed E-state index contributed by atoms with van der Waals surface area (Å²) in [6, 6.07) is 18.2. The van der Waals surface area contributed by atoms with Crippen molar-refractivity contribution < 1.29 is 32.2 Å². The van der Waals surface area contributed by atoms with E-state index in [0.717, 1.165) is 57.7 Å². The molecule has 3 aromatic carbocycles. The van der Waals surface area contributed by atoms with Crippen LogP contribution in [0.3, 0.4) is 0 Å². The molecule has 0 N–H and O–H groups in total. The molecule has 9 heteroatoms. The van der Waals surface area contributed by atoms with Crippen molar-refractivity contribution in [3.8, 4) is 28.4 Å². The van der Waals surface area contributed by atoms with Crippen LogP contribution in [0.15, 0.2) is 54.6 Å². The van der Waals surface area contributed by atoms with Gasteiger partial charge in [-0.25, -0.2) is 8.42 Å². The second-order valence-corrected chi connectivity index (χ2v) is 13.2. The standard InChI is InChI=1S/C33H39NO7S/c1-22-15-29(39-14-12-27-9-6-13-34(27)42(4,36)37)16-23(2)33(22)25-8-5-7-24(17-25)20-40-28-10-11-30-26(18-32(35)38-3)21-41-31(30)19-28/h5,7-8,10-11,15-17,19,26-27H,6,9,12-14,18,20-21H2,1-4H3/t26?,27-/m1/s1. The van der Waals surface area contributed by atoms with E-state index < -0.39 is 10.0 Å². The fourth-order valence-corrected chi connectivity index (χ4v) is 7.31. The number of sulfonamides is 1. The van der Waals surface area contributed by atoms with Crippen LogP contribution in [0.4, 0.5) is 0 Å². The van der Waals surface area contributed by atoms with E-state index in [1.807, 2.05) is 42.5 Å². The van der Waals surface area contributed by atoms with Crippen molar-refractivity contribution in [3.63, 3.8) is 0 Å². The lowest BCUT2D eigenvalue weighted by atomic mass is 9.94. The first-order chi connectivity index (χ1) is 20.1. The minimum atomic E-state index is -3.18. The van der Waals surface area contributed by atoms with Gasteiger partial charge < -0.3 is 18.9 Å². The third-order valence-electron chi connectivity index (χ3n) is 8.10. The van der Waals surface area contributed by atoms with Crippen LogP contribution in [0.1, 0.15) is 53.9 Å². The van der Waals surface area contributed by atoms with Crippen molar-refractivity contribution in [2.75, 3.05) is 33.1 Å². The highest BCUT2D eigenvalue weighted by molar-refractivity contribution is 7.88. The van der Waals surface area contributed by atoms with E-state index in [9.17, 15) is 13.2 Å². The zero-order valence-corrected chi connectivity index (χ0v) is 25.5. The Hall–Kier alpha value is -3.56. The number of carbonyl (C=O) groups is 1. The van der Waals surface area contributed by atoms with Crippen LogP contribution in [0.5, 0.6) is 17.2 Å². The van der Waals surface area contributed by atoms with E-state index in [1.165, 1.54) is 13.4 Å². The van der Waals surface area contributed by atoms with Gasteiger partial charge in [-0.05, 0) is 85.2 Å². The van der Waals surface area contributed by atoms with Crippen molar-refractivity contribution in [2.45, 2.75) is 58.1 Å². The third-order valence-corrected chi connectivity index (χ3v) is 9.43. The van der Waals surface area contributed by atoms with E-state index in [1.54, 1.807) is 4.31 Å². The second kappa shape index (κ2) is 12.8. The molecule has 0 saturated carbocycles. The van der Waals surface area contributed by atoms with Crippen LogP contribution in [0.25, 0.3) is 11.1 Å². The summed E-state index contributed by atoms with van der Waals surface area (Å²) < 4.78 is 48.5. The molecule has 3 aromatic rings. The summed E-state index contributed by atoms with van der Waals surface area (Å²) in [5, 5.41) is 0. The van der Waals surface area contributed by atoms with E-state index in [-0.39, 0.29) is 17.9 Å². The monoisotopic (exact) mass is 593 g/mol. The molecule has 42 heavy (non-hydrogen) atoms. The van der Waals surface area contributed by atoms with Gasteiger partial charge >= 0.3 is 5.97 Å². The maximum Gasteiger partial charge on any atom is 0.306 e. The topological polar surface area (TPSA) is 91.4 Å². The Kier molecular flexibility index (Phi) is 9.08. The Balaban J connectivity index is 1.21. The first-order valence-corrected chi connectivity index (χ1v) is 16.2. The van der Waals surface area contributed by atoms with Gasteiger partial charge in [0, 0.05) is 30.1 Å². The molecular weight excluding hydrogens is 554 g/mol. The average molecular weight is 594 g/mol. The quantitative estimate of drug-likeness (QED) is 0.260. The van der Waals surface area contributed by atoms with Crippen molar-refractivity contribution in [1.29, 1.82) is 0 Å². The van der Waals surface area contributed by atoms with E-state index >= 15 is 0 Å². The molecule has 8 nitrogen and oxygen atoms in total. The number of methoxy groups -OCH3 is 1. The minimum absolute atomic E-state index is 0.000937. The predicted molar refractivity (Wildman–Crippen MR) is 162 cm³/mol. The van der Waals surface area contributed by atoms with Crippen LogP contribution >= 0.6 is 0 Å². The number of carbonyl (C=O) groups excluding carboxylic acids is 1. The van der Waals surface area contributed by atoms with Gasteiger partial charge in [-0.3, -0.25) is 4.79 Å². The lowest BCUT2D eigenvalue weighted by Crippen LogP contribution is -2.35. The van der Waals surface area contributed by atoms with Crippen LogP contribution in [0, 0.1) is 13.8 Å². The second-order valence-electron chi connectivity index (χ2n) is 11.2. The van der Waals surface area contributed by atoms with Gasteiger partial charge in [0.05, 0.1) is 33.0 Å². The van der Waals surface area contributed by atoms with Crippen LogP contribution in [-0.2, 0) is 26.2 Å². The average Bonchev–Trinajstić information content (AvgIpc) is 3.59. The Bertz CT molecular complexity index is 1530. The number of fused-ring (bicyclic) bond motifs is 1. The van der Waals surface area contributed by atoms with Gasteiger partial charge in [0.1, 0.15) is 23.9 Å². The fourth-order valence-electron chi connectivity index (χ4n) is 6.09. The Labute approximate surface area is 248 Å². The third kappa shape index (κ3) is 6.90. The van der Waals surface area contributed by atoms with Gasteiger partial charge in [-0.15, -0.1) is 0 Å². The number of esters is 1. The molecule has 2 heterocycles. The number of aryl methyl sites for hydroxylation is 2. The zero-order chi connectivity index (χ0) is 29.9. The van der Waals surface area contributed by atoms with E-state index in [0.29, 0.717) is 45.0 Å². The Morgan fingerprint density at radius 3 is 2.55 bits per heavy atom. The lowest BCUT2D eigenvalue weighted by Gasteiger charge is -2.22. The summed E-state index contributed by atoms with van der Waals surface area (Å²) in [5.41, 5.74) is 6.53. The molecule has 5 rings (SSSR count). The maximum absolute atomic E-state index is 12.0. The van der Waals surface area contributed by atoms with Gasteiger partial charge in [-0.2, -0.15) is 4.31 Å². The van der Waals surface area contributed by atoms with Crippen molar-refractivity contribution >= 4 is 16.0 Å². The normalized spacial score (nSPS) is 18.4. The molecule has 0 radical (unpaired) electrons. The molecule has 0 aromatic heterocycles. The first kappa shape index (κ1) is 29.9. The zero-order valence-electron chi connectivity index (χ0n) is 24.7. The highest BCUT2D eigenvalue weighted by Gasteiger charge is 2.31. The molecule has 224 valence electrons. The molecule has 1 fully saturated rings. The van der Waals surface area contributed by atoms with Crippen LogP contribution in [-0.4, -0.2) is 57.9 Å².